The van der Waals surface area contributed by atoms with E-state index in [1.165, 1.54) is 0 Å². The van der Waals surface area contributed by atoms with Crippen LogP contribution in [0.1, 0.15) is 16.6 Å². The Morgan fingerprint density at radius 2 is 2.05 bits per heavy atom. The van der Waals surface area contributed by atoms with E-state index in [4.69, 9.17) is 9.47 Å². The van der Waals surface area contributed by atoms with E-state index in [9.17, 15) is 4.79 Å². The summed E-state index contributed by atoms with van der Waals surface area (Å²) in [6, 6.07) is 9.45. The summed E-state index contributed by atoms with van der Waals surface area (Å²) in [7, 11) is 0. The maximum atomic E-state index is 11.9. The van der Waals surface area contributed by atoms with Gasteiger partial charge in [-0.1, -0.05) is 34.8 Å². The molecule has 2 rings (SSSR count). The molecule has 0 aliphatic heterocycles. The molecule has 0 radical (unpaired) electrons. The fourth-order valence-electron chi connectivity index (χ4n) is 1.51. The molecule has 0 bridgehead atoms. The zero-order chi connectivity index (χ0) is 13.5. The highest BCUT2D eigenvalue weighted by Gasteiger charge is 2.18. The van der Waals surface area contributed by atoms with Crippen LogP contribution < -0.4 is 0 Å². The molecule has 6 heteroatoms. The van der Waals surface area contributed by atoms with Gasteiger partial charge in [0.05, 0.1) is 6.61 Å². The van der Waals surface area contributed by atoms with E-state index in [1.54, 1.807) is 0 Å². The first-order chi connectivity index (χ1) is 9.33. The highest BCUT2D eigenvalue weighted by Crippen LogP contribution is 2.24. The molecule has 0 amide bonds. The number of benzene rings is 1. The highest BCUT2D eigenvalue weighted by atomic mass is 32.1. The second kappa shape index (κ2) is 6.96. The van der Waals surface area contributed by atoms with Gasteiger partial charge in [-0.15, -0.1) is 5.10 Å². The number of hydrogen-bond acceptors (Lipinski definition) is 6. The molecule has 1 aromatic heterocycles. The molecular weight excluding hydrogens is 264 g/mol. The number of nitrogens with zero attached hydrogens (tertiary/aromatic N) is 2. The Bertz CT molecular complexity index is 528. The van der Waals surface area contributed by atoms with Crippen molar-refractivity contribution >= 4 is 17.5 Å². The number of rotatable bonds is 6. The average molecular weight is 278 g/mol. The molecule has 1 aromatic carbocycles. The molecule has 0 unspecified atom stereocenters. The first kappa shape index (κ1) is 13.6. The Labute approximate surface area is 115 Å². The first-order valence-corrected chi connectivity index (χ1v) is 6.73. The van der Waals surface area contributed by atoms with Gasteiger partial charge in [0, 0.05) is 12.2 Å². The lowest BCUT2D eigenvalue weighted by molar-refractivity contribution is 0.0341. The third-order valence-corrected chi connectivity index (χ3v) is 3.09. The van der Waals surface area contributed by atoms with Gasteiger partial charge in [-0.2, -0.15) is 0 Å². The number of carbonyl (C=O) groups excluding carboxylic acids is 1. The van der Waals surface area contributed by atoms with Crippen LogP contribution in [0.5, 0.6) is 0 Å². The van der Waals surface area contributed by atoms with Crippen LogP contribution in [0.15, 0.2) is 30.3 Å². The van der Waals surface area contributed by atoms with E-state index in [0.29, 0.717) is 23.8 Å². The maximum absolute atomic E-state index is 11.9. The predicted octanol–water partition coefficient (Wildman–Crippen LogP) is 2.40. The van der Waals surface area contributed by atoms with E-state index in [2.05, 4.69) is 9.59 Å². The molecular formula is C13H14N2O3S. The fraction of sp³-hybridized carbons (Fsp3) is 0.308. The maximum Gasteiger partial charge on any atom is 0.352 e. The molecule has 0 N–H and O–H groups in total. The highest BCUT2D eigenvalue weighted by molar-refractivity contribution is 7.08. The van der Waals surface area contributed by atoms with Crippen LogP contribution in [0.4, 0.5) is 0 Å². The molecule has 1 heterocycles. The van der Waals surface area contributed by atoms with Crippen LogP contribution in [0.3, 0.4) is 0 Å². The van der Waals surface area contributed by atoms with Crippen molar-refractivity contribution in [1.82, 2.24) is 9.59 Å². The van der Waals surface area contributed by atoms with Crippen molar-refractivity contribution in [2.75, 3.05) is 19.8 Å². The molecule has 5 nitrogen and oxygen atoms in total. The smallest absolute Gasteiger partial charge is 0.352 e. The van der Waals surface area contributed by atoms with E-state index in [-0.39, 0.29) is 6.61 Å². The minimum absolute atomic E-state index is 0.235. The molecule has 100 valence electrons. The van der Waals surface area contributed by atoms with Gasteiger partial charge >= 0.3 is 5.97 Å². The third-order valence-electron chi connectivity index (χ3n) is 2.39. The van der Waals surface area contributed by atoms with Crippen LogP contribution >= 0.6 is 11.5 Å². The monoisotopic (exact) mass is 278 g/mol. The lowest BCUT2D eigenvalue weighted by Gasteiger charge is -2.04. The topological polar surface area (TPSA) is 61.3 Å². The summed E-state index contributed by atoms with van der Waals surface area (Å²) in [5, 5.41) is 3.99. The first-order valence-electron chi connectivity index (χ1n) is 5.95. The summed E-state index contributed by atoms with van der Waals surface area (Å²) < 4.78 is 14.1. The summed E-state index contributed by atoms with van der Waals surface area (Å²) >= 11 is 1.04. The normalized spacial score (nSPS) is 10.4. The molecule has 0 saturated heterocycles. The number of carbonyl (C=O) groups is 1. The van der Waals surface area contributed by atoms with Crippen molar-refractivity contribution in [3.8, 4) is 11.3 Å². The molecule has 0 aliphatic carbocycles. The number of aromatic nitrogens is 2. The van der Waals surface area contributed by atoms with Gasteiger partial charge < -0.3 is 9.47 Å². The van der Waals surface area contributed by atoms with Gasteiger partial charge in [-0.3, -0.25) is 0 Å². The minimum Gasteiger partial charge on any atom is -0.459 e. The van der Waals surface area contributed by atoms with E-state index in [0.717, 1.165) is 17.1 Å². The van der Waals surface area contributed by atoms with Gasteiger partial charge in [0.1, 0.15) is 12.3 Å². The van der Waals surface area contributed by atoms with Crippen molar-refractivity contribution < 1.29 is 14.3 Å². The van der Waals surface area contributed by atoms with Crippen LogP contribution in [-0.4, -0.2) is 35.4 Å². The van der Waals surface area contributed by atoms with Crippen LogP contribution in [0.25, 0.3) is 11.3 Å². The number of ether oxygens (including phenoxy) is 2. The third kappa shape index (κ3) is 3.59. The second-order valence-corrected chi connectivity index (χ2v) is 4.40. The summed E-state index contributed by atoms with van der Waals surface area (Å²) in [4.78, 5) is 12.3. The molecule has 0 aliphatic rings. The van der Waals surface area contributed by atoms with E-state index < -0.39 is 5.97 Å². The Kier molecular flexibility index (Phi) is 5.00. The number of hydrogen-bond donors (Lipinski definition) is 0. The average Bonchev–Trinajstić information content (AvgIpc) is 2.94. The van der Waals surface area contributed by atoms with Gasteiger partial charge in [-0.05, 0) is 18.5 Å². The zero-order valence-electron chi connectivity index (χ0n) is 10.5. The number of esters is 1. The Balaban J connectivity index is 2.05. The predicted molar refractivity (Wildman–Crippen MR) is 72.1 cm³/mol. The Morgan fingerprint density at radius 1 is 1.26 bits per heavy atom. The summed E-state index contributed by atoms with van der Waals surface area (Å²) in [6.07, 6.45) is 0. The Morgan fingerprint density at radius 3 is 2.79 bits per heavy atom. The van der Waals surface area contributed by atoms with Crippen LogP contribution in [0, 0.1) is 0 Å². The molecule has 19 heavy (non-hydrogen) atoms. The van der Waals surface area contributed by atoms with Crippen molar-refractivity contribution in [3.05, 3.63) is 35.2 Å². The quantitative estimate of drug-likeness (QED) is 0.600. The largest absolute Gasteiger partial charge is 0.459 e. The van der Waals surface area contributed by atoms with Crippen molar-refractivity contribution in [2.24, 2.45) is 0 Å². The van der Waals surface area contributed by atoms with Crippen molar-refractivity contribution in [2.45, 2.75) is 6.92 Å². The van der Waals surface area contributed by atoms with Gasteiger partial charge in [0.15, 0.2) is 4.88 Å². The summed E-state index contributed by atoms with van der Waals surface area (Å²) in [5.74, 6) is -0.409. The van der Waals surface area contributed by atoms with Gasteiger partial charge in [-0.25, -0.2) is 4.79 Å². The van der Waals surface area contributed by atoms with Crippen molar-refractivity contribution in [3.63, 3.8) is 0 Å². The lowest BCUT2D eigenvalue weighted by Crippen LogP contribution is -2.10. The Hall–Kier alpha value is -1.79. The summed E-state index contributed by atoms with van der Waals surface area (Å²) in [5.41, 5.74) is 1.42. The van der Waals surface area contributed by atoms with E-state index >= 15 is 0 Å². The van der Waals surface area contributed by atoms with Crippen LogP contribution in [0.2, 0.25) is 0 Å². The van der Waals surface area contributed by atoms with Crippen molar-refractivity contribution in [1.29, 1.82) is 0 Å². The fourth-order valence-corrected chi connectivity index (χ4v) is 2.10. The zero-order valence-corrected chi connectivity index (χ0v) is 11.4. The molecule has 0 spiro atoms. The molecule has 2 aromatic rings. The van der Waals surface area contributed by atoms with Crippen LogP contribution in [-0.2, 0) is 9.47 Å². The molecule has 0 saturated carbocycles. The molecule has 0 fully saturated rings. The molecule has 0 atom stereocenters. The standard InChI is InChI=1S/C13H14N2O3S/c1-2-17-8-9-18-13(16)12-11(14-15-19-12)10-6-4-3-5-7-10/h3-7H,2,8-9H2,1H3. The van der Waals surface area contributed by atoms with Gasteiger partial charge in [0.2, 0.25) is 0 Å². The lowest BCUT2D eigenvalue weighted by atomic mass is 10.1. The van der Waals surface area contributed by atoms with E-state index in [1.807, 2.05) is 37.3 Å². The second-order valence-electron chi connectivity index (χ2n) is 3.65. The summed E-state index contributed by atoms with van der Waals surface area (Å²) in [6.45, 7) is 3.13. The SMILES string of the molecule is CCOCCOC(=O)c1snnc1-c1ccccc1. The minimum atomic E-state index is -0.409. The van der Waals surface area contributed by atoms with Gasteiger partial charge in [0.25, 0.3) is 0 Å².